The van der Waals surface area contributed by atoms with E-state index in [1.54, 1.807) is 18.5 Å². The number of nitrogens with zero attached hydrogens (tertiary/aromatic N) is 2. The van der Waals surface area contributed by atoms with Crippen LogP contribution in [0.2, 0.25) is 0 Å². The molecule has 1 rings (SSSR count). The highest BCUT2D eigenvalue weighted by Crippen LogP contribution is 2.11. The molecular weight excluding hydrogens is 200 g/mol. The van der Waals surface area contributed by atoms with E-state index in [4.69, 9.17) is 11.3 Å². The van der Waals surface area contributed by atoms with Crippen molar-refractivity contribution >= 4 is 23.4 Å². The normalized spacial score (nSPS) is 10.7. The molecule has 0 saturated carbocycles. The SMILES string of the molecule is [C-]#[N+]/C(=C\c1nccs1)C(=O)OCC. The van der Waals surface area contributed by atoms with Crippen molar-refractivity contribution in [2.75, 3.05) is 6.61 Å². The Bertz CT molecular complexity index is 376. The lowest BCUT2D eigenvalue weighted by atomic mass is 10.4. The fourth-order valence-corrected chi connectivity index (χ4v) is 1.33. The predicted molar refractivity (Wildman–Crippen MR) is 53.3 cm³/mol. The molecule has 72 valence electrons. The molecule has 0 radical (unpaired) electrons. The largest absolute Gasteiger partial charge is 0.471 e. The Morgan fingerprint density at radius 2 is 2.64 bits per heavy atom. The number of ether oxygens (including phenoxy) is 1. The maximum absolute atomic E-state index is 11.2. The highest BCUT2D eigenvalue weighted by atomic mass is 32.1. The van der Waals surface area contributed by atoms with Crippen LogP contribution in [-0.2, 0) is 9.53 Å². The molecule has 0 fully saturated rings. The van der Waals surface area contributed by atoms with Crippen LogP contribution in [0.4, 0.5) is 0 Å². The zero-order valence-corrected chi connectivity index (χ0v) is 8.37. The van der Waals surface area contributed by atoms with Crippen LogP contribution in [-0.4, -0.2) is 17.6 Å². The van der Waals surface area contributed by atoms with E-state index in [9.17, 15) is 4.79 Å². The Morgan fingerprint density at radius 1 is 1.86 bits per heavy atom. The van der Waals surface area contributed by atoms with Gasteiger partial charge in [0.15, 0.2) is 0 Å². The van der Waals surface area contributed by atoms with Gasteiger partial charge in [0.05, 0.1) is 13.2 Å². The van der Waals surface area contributed by atoms with Crippen LogP contribution < -0.4 is 0 Å². The van der Waals surface area contributed by atoms with E-state index in [2.05, 4.69) is 9.83 Å². The molecule has 0 bridgehead atoms. The fraction of sp³-hybridized carbons (Fsp3) is 0.222. The number of rotatable bonds is 3. The van der Waals surface area contributed by atoms with Crippen molar-refractivity contribution in [1.82, 2.24) is 4.98 Å². The van der Waals surface area contributed by atoms with Crippen molar-refractivity contribution in [3.8, 4) is 0 Å². The second-order valence-corrected chi connectivity index (χ2v) is 3.16. The van der Waals surface area contributed by atoms with Gasteiger partial charge in [-0.25, -0.2) is 9.83 Å². The minimum Gasteiger partial charge on any atom is -0.471 e. The third-order valence-electron chi connectivity index (χ3n) is 1.32. The molecule has 0 saturated heterocycles. The van der Waals surface area contributed by atoms with Crippen LogP contribution in [0, 0.1) is 6.57 Å². The molecule has 0 aliphatic rings. The average molecular weight is 208 g/mol. The summed E-state index contributed by atoms with van der Waals surface area (Å²) in [4.78, 5) is 18.2. The fourth-order valence-electron chi connectivity index (χ4n) is 0.765. The molecule has 0 aromatic carbocycles. The molecule has 1 aromatic heterocycles. The first-order valence-corrected chi connectivity index (χ1v) is 4.81. The van der Waals surface area contributed by atoms with Gasteiger partial charge in [-0.05, 0) is 13.0 Å². The van der Waals surface area contributed by atoms with Crippen molar-refractivity contribution in [2.24, 2.45) is 0 Å². The van der Waals surface area contributed by atoms with E-state index in [-0.39, 0.29) is 12.3 Å². The van der Waals surface area contributed by atoms with E-state index in [1.807, 2.05) is 0 Å². The molecule has 14 heavy (non-hydrogen) atoms. The quantitative estimate of drug-likeness (QED) is 0.433. The highest BCUT2D eigenvalue weighted by molar-refractivity contribution is 7.10. The maximum atomic E-state index is 11.2. The summed E-state index contributed by atoms with van der Waals surface area (Å²) in [5.41, 5.74) is -0.0400. The van der Waals surface area contributed by atoms with Crippen molar-refractivity contribution in [2.45, 2.75) is 6.92 Å². The van der Waals surface area contributed by atoms with Gasteiger partial charge in [-0.3, -0.25) is 4.79 Å². The first kappa shape index (κ1) is 10.4. The van der Waals surface area contributed by atoms with Gasteiger partial charge in [-0.2, -0.15) is 0 Å². The molecule has 0 atom stereocenters. The minimum atomic E-state index is -0.599. The number of carbonyl (C=O) groups excluding carboxylic acids is 1. The minimum absolute atomic E-state index is 0.0400. The predicted octanol–water partition coefficient (Wildman–Crippen LogP) is 1.97. The molecule has 1 heterocycles. The van der Waals surface area contributed by atoms with Gasteiger partial charge in [0, 0.05) is 11.6 Å². The standard InChI is InChI=1S/C9H8N2O2S/c1-3-13-9(12)7(10-2)6-8-11-4-5-14-8/h4-6H,3H2,1H3/b7-6-. The van der Waals surface area contributed by atoms with Crippen molar-refractivity contribution in [1.29, 1.82) is 0 Å². The van der Waals surface area contributed by atoms with Gasteiger partial charge >= 0.3 is 5.97 Å². The van der Waals surface area contributed by atoms with E-state index in [0.717, 1.165) is 0 Å². The monoisotopic (exact) mass is 208 g/mol. The first-order chi connectivity index (χ1) is 6.77. The Kier molecular flexibility index (Phi) is 3.83. The van der Waals surface area contributed by atoms with Crippen LogP contribution in [0.15, 0.2) is 17.3 Å². The van der Waals surface area contributed by atoms with Crippen LogP contribution >= 0.6 is 11.3 Å². The van der Waals surface area contributed by atoms with Crippen LogP contribution in [0.25, 0.3) is 10.9 Å². The highest BCUT2D eigenvalue weighted by Gasteiger charge is 2.10. The van der Waals surface area contributed by atoms with E-state index in [1.165, 1.54) is 17.4 Å². The lowest BCUT2D eigenvalue weighted by molar-refractivity contribution is -0.138. The third kappa shape index (κ3) is 2.68. The van der Waals surface area contributed by atoms with Gasteiger partial charge in [0.25, 0.3) is 5.70 Å². The Labute approximate surface area is 85.7 Å². The van der Waals surface area contributed by atoms with Crippen LogP contribution in [0.5, 0.6) is 0 Å². The molecule has 0 amide bonds. The summed E-state index contributed by atoms with van der Waals surface area (Å²) in [5.74, 6) is -0.599. The van der Waals surface area contributed by atoms with E-state index >= 15 is 0 Å². The van der Waals surface area contributed by atoms with Crippen molar-refractivity contribution in [3.63, 3.8) is 0 Å². The number of hydrogen-bond acceptors (Lipinski definition) is 4. The van der Waals surface area contributed by atoms with E-state index in [0.29, 0.717) is 5.01 Å². The maximum Gasteiger partial charge on any atom is 0.336 e. The molecule has 5 heteroatoms. The number of aromatic nitrogens is 1. The second-order valence-electron chi connectivity index (χ2n) is 2.23. The van der Waals surface area contributed by atoms with Gasteiger partial charge in [-0.1, -0.05) is 0 Å². The average Bonchev–Trinajstić information content (AvgIpc) is 2.66. The zero-order chi connectivity index (χ0) is 10.4. The van der Waals surface area contributed by atoms with Gasteiger partial charge in [0.1, 0.15) is 5.01 Å². The third-order valence-corrected chi connectivity index (χ3v) is 2.04. The van der Waals surface area contributed by atoms with Gasteiger partial charge < -0.3 is 4.74 Å². The van der Waals surface area contributed by atoms with Gasteiger partial charge in [0.2, 0.25) is 0 Å². The smallest absolute Gasteiger partial charge is 0.336 e. The second kappa shape index (κ2) is 5.14. The number of thiazole rings is 1. The molecule has 0 spiro atoms. The lowest BCUT2D eigenvalue weighted by Crippen LogP contribution is -2.04. The molecular formula is C9H8N2O2S. The van der Waals surface area contributed by atoms with E-state index < -0.39 is 5.97 Å². The molecule has 0 unspecified atom stereocenters. The van der Waals surface area contributed by atoms with Crippen molar-refractivity contribution in [3.05, 3.63) is 33.7 Å². The molecule has 0 aliphatic carbocycles. The molecule has 0 N–H and O–H groups in total. The Balaban J connectivity index is 2.83. The zero-order valence-electron chi connectivity index (χ0n) is 7.56. The summed E-state index contributed by atoms with van der Waals surface area (Å²) in [6, 6.07) is 0. The molecule has 1 aromatic rings. The topological polar surface area (TPSA) is 43.5 Å². The van der Waals surface area contributed by atoms with Crippen molar-refractivity contribution < 1.29 is 9.53 Å². The number of carbonyl (C=O) groups is 1. The Morgan fingerprint density at radius 3 is 3.14 bits per heavy atom. The molecule has 0 aliphatic heterocycles. The molecule has 4 nitrogen and oxygen atoms in total. The number of esters is 1. The first-order valence-electron chi connectivity index (χ1n) is 3.93. The van der Waals surface area contributed by atoms with Crippen LogP contribution in [0.3, 0.4) is 0 Å². The summed E-state index contributed by atoms with van der Waals surface area (Å²) in [6.45, 7) is 8.77. The summed E-state index contributed by atoms with van der Waals surface area (Å²) in [7, 11) is 0. The summed E-state index contributed by atoms with van der Waals surface area (Å²) in [6.07, 6.45) is 3.04. The van der Waals surface area contributed by atoms with Gasteiger partial charge in [-0.15, -0.1) is 11.3 Å². The lowest BCUT2D eigenvalue weighted by Gasteiger charge is -1.97. The Hall–Kier alpha value is -1.67. The summed E-state index contributed by atoms with van der Waals surface area (Å²) < 4.78 is 4.70. The summed E-state index contributed by atoms with van der Waals surface area (Å²) >= 11 is 1.36. The summed E-state index contributed by atoms with van der Waals surface area (Å²) in [5, 5.41) is 2.41. The number of hydrogen-bond donors (Lipinski definition) is 0. The van der Waals surface area contributed by atoms with Crippen LogP contribution in [0.1, 0.15) is 11.9 Å².